The first-order valence-corrected chi connectivity index (χ1v) is 8.23. The Balaban J connectivity index is 2.00. The highest BCUT2D eigenvalue weighted by Crippen LogP contribution is 2.39. The highest BCUT2D eigenvalue weighted by molar-refractivity contribution is 9.10. The zero-order valence-electron chi connectivity index (χ0n) is 11.8. The van der Waals surface area contributed by atoms with Crippen LogP contribution in [-0.4, -0.2) is 0 Å². The van der Waals surface area contributed by atoms with Crippen LogP contribution in [0.15, 0.2) is 57.4 Å². The van der Waals surface area contributed by atoms with Crippen molar-refractivity contribution in [3.05, 3.63) is 68.6 Å². The molecule has 24 heavy (non-hydrogen) atoms. The molecule has 2 aromatic carbocycles. The van der Waals surface area contributed by atoms with Crippen LogP contribution in [0, 0.1) is 0 Å². The minimum Gasteiger partial charge on any atom is -0.455 e. The highest BCUT2D eigenvalue weighted by Gasteiger charge is 2.30. The highest BCUT2D eigenvalue weighted by atomic mass is 79.9. The molecule has 1 aromatic heterocycles. The minimum absolute atomic E-state index is 0.419. The lowest BCUT2D eigenvalue weighted by Gasteiger charge is -2.07. The summed E-state index contributed by atoms with van der Waals surface area (Å²) in [6, 6.07) is 11.4. The maximum absolute atomic E-state index is 12.6. The van der Waals surface area contributed by atoms with Crippen molar-refractivity contribution in [3.63, 3.8) is 0 Å². The van der Waals surface area contributed by atoms with Crippen molar-refractivity contribution in [2.45, 2.75) is 6.18 Å². The molecule has 0 N–H and O–H groups in total. The number of furan rings is 1. The van der Waals surface area contributed by atoms with Crippen LogP contribution in [0.1, 0.15) is 5.56 Å². The van der Waals surface area contributed by atoms with Gasteiger partial charge in [-0.3, -0.25) is 0 Å². The SMILES string of the molecule is FC(F)(F)c1ccc(-c2oc(-c3ccc(Cl)cc3Cl)cc2Br)cc1. The van der Waals surface area contributed by atoms with Crippen LogP contribution in [0.4, 0.5) is 13.2 Å². The molecule has 0 unspecified atom stereocenters. The molecule has 0 aliphatic carbocycles. The van der Waals surface area contributed by atoms with Crippen molar-refractivity contribution in [1.82, 2.24) is 0 Å². The molecule has 0 radical (unpaired) electrons. The second kappa shape index (κ2) is 6.47. The normalized spacial score (nSPS) is 11.8. The first kappa shape index (κ1) is 17.4. The van der Waals surface area contributed by atoms with E-state index in [0.29, 0.717) is 37.2 Å². The van der Waals surface area contributed by atoms with Gasteiger partial charge in [-0.2, -0.15) is 13.2 Å². The summed E-state index contributed by atoms with van der Waals surface area (Å²) in [5.41, 5.74) is 0.445. The summed E-state index contributed by atoms with van der Waals surface area (Å²) in [6.45, 7) is 0. The number of hydrogen-bond donors (Lipinski definition) is 0. The lowest BCUT2D eigenvalue weighted by atomic mass is 10.1. The Labute approximate surface area is 154 Å². The summed E-state index contributed by atoms with van der Waals surface area (Å²) in [5, 5.41) is 0.917. The Morgan fingerprint density at radius 3 is 2.17 bits per heavy atom. The molecule has 7 heteroatoms. The number of hydrogen-bond acceptors (Lipinski definition) is 1. The van der Waals surface area contributed by atoms with E-state index in [0.717, 1.165) is 12.1 Å². The molecule has 0 saturated heterocycles. The predicted octanol–water partition coefficient (Wildman–Crippen LogP) is 7.70. The quantitative estimate of drug-likeness (QED) is 0.401. The van der Waals surface area contributed by atoms with E-state index in [4.69, 9.17) is 27.6 Å². The van der Waals surface area contributed by atoms with Crippen LogP contribution < -0.4 is 0 Å². The van der Waals surface area contributed by atoms with Crippen LogP contribution in [0.5, 0.6) is 0 Å². The third-order valence-corrected chi connectivity index (χ3v) is 4.49. The molecule has 0 atom stereocenters. The van der Waals surface area contributed by atoms with Crippen LogP contribution in [-0.2, 0) is 6.18 Å². The molecule has 0 spiro atoms. The third-order valence-electron chi connectivity index (χ3n) is 3.36. The third kappa shape index (κ3) is 3.48. The minimum atomic E-state index is -4.37. The number of rotatable bonds is 2. The van der Waals surface area contributed by atoms with Gasteiger partial charge in [0.25, 0.3) is 0 Å². The summed E-state index contributed by atoms with van der Waals surface area (Å²) in [6.07, 6.45) is -4.37. The summed E-state index contributed by atoms with van der Waals surface area (Å²) >= 11 is 15.4. The van der Waals surface area contributed by atoms with E-state index in [1.807, 2.05) is 0 Å². The first-order chi connectivity index (χ1) is 11.3. The van der Waals surface area contributed by atoms with Gasteiger partial charge in [0.15, 0.2) is 0 Å². The van der Waals surface area contributed by atoms with Gasteiger partial charge in [0.1, 0.15) is 11.5 Å². The number of benzene rings is 2. The monoisotopic (exact) mass is 434 g/mol. The standard InChI is InChI=1S/C17H8BrCl2F3O/c18-13-8-15(12-6-5-11(19)7-14(12)20)24-16(13)9-1-3-10(4-2-9)17(21,22)23/h1-8H. The predicted molar refractivity (Wildman–Crippen MR) is 92.3 cm³/mol. The average molecular weight is 436 g/mol. The van der Waals surface area contributed by atoms with E-state index in [1.54, 1.807) is 24.3 Å². The lowest BCUT2D eigenvalue weighted by molar-refractivity contribution is -0.137. The Morgan fingerprint density at radius 1 is 0.917 bits per heavy atom. The second-order valence-electron chi connectivity index (χ2n) is 4.99. The fourth-order valence-electron chi connectivity index (χ4n) is 2.20. The van der Waals surface area contributed by atoms with Gasteiger partial charge >= 0.3 is 6.18 Å². The maximum atomic E-state index is 12.6. The topological polar surface area (TPSA) is 13.1 Å². The Bertz CT molecular complexity index is 886. The van der Waals surface area contributed by atoms with Gasteiger partial charge in [-0.05, 0) is 52.3 Å². The van der Waals surface area contributed by atoms with E-state index in [1.165, 1.54) is 12.1 Å². The van der Waals surface area contributed by atoms with Crippen LogP contribution in [0.2, 0.25) is 10.0 Å². The zero-order valence-corrected chi connectivity index (χ0v) is 14.9. The van der Waals surface area contributed by atoms with Gasteiger partial charge in [-0.25, -0.2) is 0 Å². The molecular formula is C17H8BrCl2F3O. The Morgan fingerprint density at radius 2 is 1.58 bits per heavy atom. The van der Waals surface area contributed by atoms with Crippen LogP contribution in [0.3, 0.4) is 0 Å². The van der Waals surface area contributed by atoms with E-state index in [2.05, 4.69) is 15.9 Å². The fraction of sp³-hybridized carbons (Fsp3) is 0.0588. The van der Waals surface area contributed by atoms with Crippen LogP contribution >= 0.6 is 39.1 Å². The molecule has 1 heterocycles. The average Bonchev–Trinajstić information content (AvgIpc) is 2.88. The molecule has 0 bridgehead atoms. The van der Waals surface area contributed by atoms with Gasteiger partial charge < -0.3 is 4.42 Å². The van der Waals surface area contributed by atoms with Crippen molar-refractivity contribution >= 4 is 39.1 Å². The first-order valence-electron chi connectivity index (χ1n) is 6.68. The molecule has 0 fully saturated rings. The van der Waals surface area contributed by atoms with Gasteiger partial charge in [-0.1, -0.05) is 35.3 Å². The molecule has 3 rings (SSSR count). The second-order valence-corrected chi connectivity index (χ2v) is 6.68. The smallest absolute Gasteiger partial charge is 0.416 e. The van der Waals surface area contributed by atoms with E-state index in [9.17, 15) is 13.2 Å². The number of halogens is 6. The summed E-state index contributed by atoms with van der Waals surface area (Å²) in [5.74, 6) is 0.906. The van der Waals surface area contributed by atoms with Crippen molar-refractivity contribution < 1.29 is 17.6 Å². The van der Waals surface area contributed by atoms with E-state index in [-0.39, 0.29) is 0 Å². The molecule has 0 aliphatic rings. The van der Waals surface area contributed by atoms with Crippen molar-refractivity contribution in [2.75, 3.05) is 0 Å². The fourth-order valence-corrected chi connectivity index (χ4v) is 3.22. The van der Waals surface area contributed by atoms with Gasteiger partial charge in [0.05, 0.1) is 15.1 Å². The molecule has 0 saturated carbocycles. The van der Waals surface area contributed by atoms with Gasteiger partial charge in [0.2, 0.25) is 0 Å². The molecular weight excluding hydrogens is 428 g/mol. The Kier molecular flexibility index (Phi) is 4.69. The molecule has 0 amide bonds. The summed E-state index contributed by atoms with van der Waals surface area (Å²) in [4.78, 5) is 0. The lowest BCUT2D eigenvalue weighted by Crippen LogP contribution is -2.03. The van der Waals surface area contributed by atoms with Crippen molar-refractivity contribution in [2.24, 2.45) is 0 Å². The molecule has 0 aliphatic heterocycles. The van der Waals surface area contributed by atoms with Gasteiger partial charge in [-0.15, -0.1) is 0 Å². The summed E-state index contributed by atoms with van der Waals surface area (Å²) < 4.78 is 44.3. The molecule has 3 aromatic rings. The summed E-state index contributed by atoms with van der Waals surface area (Å²) in [7, 11) is 0. The Hall–Kier alpha value is -1.43. The molecule has 124 valence electrons. The van der Waals surface area contributed by atoms with Crippen molar-refractivity contribution in [1.29, 1.82) is 0 Å². The van der Waals surface area contributed by atoms with Gasteiger partial charge in [0, 0.05) is 16.1 Å². The number of alkyl halides is 3. The van der Waals surface area contributed by atoms with Crippen LogP contribution in [0.25, 0.3) is 22.6 Å². The maximum Gasteiger partial charge on any atom is 0.416 e. The zero-order chi connectivity index (χ0) is 17.5. The van der Waals surface area contributed by atoms with E-state index < -0.39 is 11.7 Å². The van der Waals surface area contributed by atoms with Crippen molar-refractivity contribution in [3.8, 4) is 22.6 Å². The van der Waals surface area contributed by atoms with E-state index >= 15 is 0 Å². The largest absolute Gasteiger partial charge is 0.455 e. The molecule has 1 nitrogen and oxygen atoms in total.